The molecule has 0 spiro atoms. The minimum atomic E-state index is -4.43. The molecule has 130 valence electrons. The van der Waals surface area contributed by atoms with Gasteiger partial charge in [0, 0.05) is 0 Å². The van der Waals surface area contributed by atoms with Crippen molar-refractivity contribution in [1.82, 2.24) is 0 Å². The first-order valence-corrected chi connectivity index (χ1v) is 8.81. The van der Waals surface area contributed by atoms with Crippen molar-refractivity contribution in [2.75, 3.05) is 0 Å². The molecule has 0 aliphatic rings. The van der Waals surface area contributed by atoms with Gasteiger partial charge in [0.25, 0.3) is 0 Å². The van der Waals surface area contributed by atoms with Crippen molar-refractivity contribution in [3.05, 3.63) is 71.8 Å². The van der Waals surface area contributed by atoms with Crippen LogP contribution in [-0.4, -0.2) is 14.5 Å². The van der Waals surface area contributed by atoms with Gasteiger partial charge in [-0.1, -0.05) is 0 Å². The molecular weight excluding hydrogens is 409 g/mol. The number of benzene rings is 2. The number of hydrogen-bond donors (Lipinski definition) is 0. The van der Waals surface area contributed by atoms with Crippen LogP contribution in [-0.2, 0) is 12.4 Å². The zero-order valence-electron chi connectivity index (χ0n) is 12.4. The average molecular weight is 419 g/mol. The molecule has 0 radical (unpaired) electrons. The van der Waals surface area contributed by atoms with Crippen molar-refractivity contribution in [1.29, 1.82) is 0 Å². The van der Waals surface area contributed by atoms with E-state index in [2.05, 4.69) is 0 Å². The molecule has 1 heterocycles. The molecule has 0 fully saturated rings. The second kappa shape index (κ2) is 6.39. The van der Waals surface area contributed by atoms with E-state index in [1.54, 1.807) is 24.3 Å². The summed E-state index contributed by atoms with van der Waals surface area (Å²) in [7, 11) is 0. The Morgan fingerprint density at radius 2 is 0.960 bits per heavy atom. The molecule has 0 atom stereocenters. The quantitative estimate of drug-likeness (QED) is 0.347. The Kier molecular flexibility index (Phi) is 4.56. The van der Waals surface area contributed by atoms with Gasteiger partial charge in [-0.3, -0.25) is 0 Å². The molecule has 0 N–H and O–H groups in total. The summed E-state index contributed by atoms with van der Waals surface area (Å²) in [4.78, 5) is 0. The summed E-state index contributed by atoms with van der Waals surface area (Å²) in [5.74, 6) is 0. The van der Waals surface area contributed by atoms with Crippen LogP contribution in [0.4, 0.5) is 26.3 Å². The van der Waals surface area contributed by atoms with Gasteiger partial charge in [0.15, 0.2) is 0 Å². The van der Waals surface area contributed by atoms with Gasteiger partial charge in [0.1, 0.15) is 0 Å². The van der Waals surface area contributed by atoms with Gasteiger partial charge in [-0.15, -0.1) is 0 Å². The van der Waals surface area contributed by atoms with E-state index in [1.807, 2.05) is 0 Å². The Morgan fingerprint density at radius 3 is 1.32 bits per heavy atom. The molecule has 0 aliphatic carbocycles. The molecule has 25 heavy (non-hydrogen) atoms. The average Bonchev–Trinajstić information content (AvgIpc) is 3.04. The van der Waals surface area contributed by atoms with Crippen LogP contribution < -0.4 is 0 Å². The van der Waals surface area contributed by atoms with E-state index in [9.17, 15) is 26.3 Å². The Bertz CT molecular complexity index is 817. The number of alkyl halides is 6. The maximum absolute atomic E-state index is 12.8. The monoisotopic (exact) mass is 420 g/mol. The zero-order chi connectivity index (χ0) is 18.2. The molecule has 1 aromatic heterocycles. The number of hydrogen-bond acceptors (Lipinski definition) is 0. The minimum absolute atomic E-state index is 0.367. The topological polar surface area (TPSA) is 0 Å². The fraction of sp³-hybridized carbons (Fsp3) is 0.111. The first-order chi connectivity index (χ1) is 11.6. The van der Waals surface area contributed by atoms with E-state index < -0.39 is 23.5 Å². The second-order valence-corrected chi connectivity index (χ2v) is 7.59. The van der Waals surface area contributed by atoms with Crippen molar-refractivity contribution in [3.63, 3.8) is 0 Å². The fourth-order valence-corrected chi connectivity index (χ4v) is 4.44. The van der Waals surface area contributed by atoms with Crippen molar-refractivity contribution in [2.45, 2.75) is 12.4 Å². The Morgan fingerprint density at radius 1 is 0.560 bits per heavy atom. The first-order valence-electron chi connectivity index (χ1n) is 7.10. The van der Waals surface area contributed by atoms with Crippen LogP contribution in [0.25, 0.3) is 20.0 Å². The van der Waals surface area contributed by atoms with Crippen molar-refractivity contribution in [3.8, 4) is 20.0 Å². The van der Waals surface area contributed by atoms with Crippen LogP contribution in [0.3, 0.4) is 0 Å². The first kappa shape index (κ1) is 17.8. The Balaban J connectivity index is 1.96. The van der Waals surface area contributed by atoms with Crippen molar-refractivity contribution < 1.29 is 26.3 Å². The molecule has 0 nitrogen and oxygen atoms in total. The van der Waals surface area contributed by atoms with Crippen molar-refractivity contribution in [2.24, 2.45) is 0 Å². The van der Waals surface area contributed by atoms with Crippen LogP contribution in [0.1, 0.15) is 11.1 Å². The van der Waals surface area contributed by atoms with E-state index >= 15 is 0 Å². The van der Waals surface area contributed by atoms with Crippen molar-refractivity contribution >= 4 is 14.5 Å². The predicted octanol–water partition coefficient (Wildman–Crippen LogP) is 6.12. The third kappa shape index (κ3) is 3.99. The van der Waals surface area contributed by atoms with Gasteiger partial charge < -0.3 is 0 Å². The van der Waals surface area contributed by atoms with Gasteiger partial charge in [-0.25, -0.2) is 0 Å². The zero-order valence-corrected chi connectivity index (χ0v) is 14.2. The van der Waals surface area contributed by atoms with E-state index in [0.29, 0.717) is 20.0 Å². The molecule has 0 unspecified atom stereocenters. The Hall–Kier alpha value is -1.98. The molecule has 0 saturated heterocycles. The van der Waals surface area contributed by atoms with Gasteiger partial charge in [-0.05, 0) is 0 Å². The molecule has 0 aliphatic heterocycles. The Labute approximate surface area is 145 Å². The summed E-state index contributed by atoms with van der Waals surface area (Å²) in [6.07, 6.45) is -8.86. The second-order valence-electron chi connectivity index (χ2n) is 5.32. The summed E-state index contributed by atoms with van der Waals surface area (Å²) in [5.41, 5.74) is -0.607. The molecule has 0 bridgehead atoms. The number of rotatable bonds is 2. The summed E-state index contributed by atoms with van der Waals surface area (Å²) in [6, 6.07) is 13.3. The summed E-state index contributed by atoms with van der Waals surface area (Å²) in [6.45, 7) is 0. The SMILES string of the molecule is FC(F)(F)c1cccc(-c2ccc(-c3cccc(C(F)(F)F)c3)[se]2)c1. The van der Waals surface area contributed by atoms with Crippen LogP contribution in [0.5, 0.6) is 0 Å². The fourth-order valence-electron chi connectivity index (χ4n) is 2.35. The van der Waals surface area contributed by atoms with Gasteiger partial charge in [-0.2, -0.15) is 0 Å². The molecule has 3 rings (SSSR count). The van der Waals surface area contributed by atoms with E-state index in [0.717, 1.165) is 24.3 Å². The molecule has 0 amide bonds. The van der Waals surface area contributed by atoms with Gasteiger partial charge in [0.05, 0.1) is 0 Å². The standard InChI is InChI=1S/C18H10F6Se/c19-17(20,21)13-5-1-3-11(9-13)15-7-8-16(25-15)12-4-2-6-14(10-12)18(22,23)24/h1-10H. The third-order valence-electron chi connectivity index (χ3n) is 3.55. The van der Waals surface area contributed by atoms with Gasteiger partial charge in [0.2, 0.25) is 0 Å². The predicted molar refractivity (Wildman–Crippen MR) is 84.3 cm³/mol. The maximum atomic E-state index is 12.8. The van der Waals surface area contributed by atoms with Crippen LogP contribution in [0, 0.1) is 0 Å². The van der Waals surface area contributed by atoms with E-state index in [1.165, 1.54) is 12.1 Å². The molecule has 2 aromatic carbocycles. The molecule has 3 aromatic rings. The molecule has 0 saturated carbocycles. The normalized spacial score (nSPS) is 12.4. The van der Waals surface area contributed by atoms with Crippen LogP contribution >= 0.6 is 0 Å². The van der Waals surface area contributed by atoms with Crippen LogP contribution in [0.15, 0.2) is 60.7 Å². The molecule has 7 heteroatoms. The van der Waals surface area contributed by atoms with E-state index in [-0.39, 0.29) is 14.5 Å². The summed E-state index contributed by atoms with van der Waals surface area (Å²) in [5, 5.41) is 0. The number of halogens is 6. The molecular formula is C18H10F6Se. The third-order valence-corrected chi connectivity index (χ3v) is 6.04. The summed E-state index contributed by atoms with van der Waals surface area (Å²) < 4.78 is 78.3. The summed E-state index contributed by atoms with van der Waals surface area (Å²) >= 11 is -0.367. The van der Waals surface area contributed by atoms with Crippen LogP contribution in [0.2, 0.25) is 0 Å². The van der Waals surface area contributed by atoms with E-state index in [4.69, 9.17) is 0 Å². The van der Waals surface area contributed by atoms with Gasteiger partial charge >= 0.3 is 145 Å².